The van der Waals surface area contributed by atoms with Crippen LogP contribution < -0.4 is 10.6 Å². The molecule has 3 nitrogen and oxygen atoms in total. The molecular formula is C19H22ClFN2O. The quantitative estimate of drug-likeness (QED) is 0.682. The first-order chi connectivity index (χ1) is 11.6. The van der Waals surface area contributed by atoms with Crippen molar-refractivity contribution in [3.05, 3.63) is 70.5 Å². The predicted octanol–water partition coefficient (Wildman–Crippen LogP) is 3.36. The zero-order valence-electron chi connectivity index (χ0n) is 13.5. The van der Waals surface area contributed by atoms with Crippen molar-refractivity contribution in [2.45, 2.75) is 19.3 Å². The van der Waals surface area contributed by atoms with Crippen LogP contribution in [-0.2, 0) is 17.6 Å². The van der Waals surface area contributed by atoms with E-state index in [0.29, 0.717) is 31.5 Å². The van der Waals surface area contributed by atoms with E-state index in [0.717, 1.165) is 18.0 Å². The highest BCUT2D eigenvalue weighted by atomic mass is 35.5. The Morgan fingerprint density at radius 1 is 0.958 bits per heavy atom. The minimum absolute atomic E-state index is 0.0228. The topological polar surface area (TPSA) is 41.1 Å². The van der Waals surface area contributed by atoms with Crippen LogP contribution in [0.25, 0.3) is 0 Å². The van der Waals surface area contributed by atoms with E-state index in [-0.39, 0.29) is 11.7 Å². The second-order valence-electron chi connectivity index (χ2n) is 5.57. The second-order valence-corrected chi connectivity index (χ2v) is 6.00. The largest absolute Gasteiger partial charge is 0.356 e. The number of rotatable bonds is 9. The van der Waals surface area contributed by atoms with E-state index < -0.39 is 0 Å². The molecule has 2 N–H and O–H groups in total. The Bertz CT molecular complexity index is 646. The van der Waals surface area contributed by atoms with E-state index in [1.165, 1.54) is 11.6 Å². The molecule has 0 fully saturated rings. The van der Waals surface area contributed by atoms with Crippen molar-refractivity contribution in [3.63, 3.8) is 0 Å². The van der Waals surface area contributed by atoms with Gasteiger partial charge in [0.05, 0.1) is 0 Å². The van der Waals surface area contributed by atoms with Gasteiger partial charge in [-0.05, 0) is 48.7 Å². The highest BCUT2D eigenvalue weighted by molar-refractivity contribution is 6.30. The summed E-state index contributed by atoms with van der Waals surface area (Å²) in [6.45, 7) is 1.88. The number of hydrogen-bond acceptors (Lipinski definition) is 2. The van der Waals surface area contributed by atoms with Crippen molar-refractivity contribution in [1.82, 2.24) is 10.6 Å². The molecular weight excluding hydrogens is 327 g/mol. The summed E-state index contributed by atoms with van der Waals surface area (Å²) >= 11 is 5.84. The number of carbonyl (C=O) groups is 1. The molecule has 5 heteroatoms. The van der Waals surface area contributed by atoms with Crippen LogP contribution in [0.3, 0.4) is 0 Å². The van der Waals surface area contributed by atoms with Crippen LogP contribution in [0.2, 0.25) is 5.02 Å². The third kappa shape index (κ3) is 6.69. The van der Waals surface area contributed by atoms with Crippen molar-refractivity contribution in [2.75, 3.05) is 19.6 Å². The number of nitrogens with one attached hydrogen (secondary N) is 2. The summed E-state index contributed by atoms with van der Waals surface area (Å²) in [5.41, 5.74) is 1.83. The summed E-state index contributed by atoms with van der Waals surface area (Å²) in [5.74, 6) is -0.249. The Morgan fingerprint density at radius 3 is 2.46 bits per heavy atom. The lowest BCUT2D eigenvalue weighted by molar-refractivity contribution is -0.120. The number of benzene rings is 2. The summed E-state index contributed by atoms with van der Waals surface area (Å²) in [6.07, 6.45) is 1.81. The maximum Gasteiger partial charge on any atom is 0.221 e. The summed E-state index contributed by atoms with van der Waals surface area (Å²) < 4.78 is 13.4. The molecule has 0 aliphatic heterocycles. The van der Waals surface area contributed by atoms with E-state index in [2.05, 4.69) is 10.6 Å². The third-order valence-corrected chi connectivity index (χ3v) is 3.96. The number of amides is 1. The number of hydrogen-bond donors (Lipinski definition) is 2. The fourth-order valence-corrected chi connectivity index (χ4v) is 2.46. The molecule has 0 saturated carbocycles. The minimum atomic E-state index is -0.226. The van der Waals surface area contributed by atoms with E-state index >= 15 is 0 Å². The summed E-state index contributed by atoms with van der Waals surface area (Å²) in [7, 11) is 0. The van der Waals surface area contributed by atoms with Crippen molar-refractivity contribution in [1.29, 1.82) is 0 Å². The SMILES string of the molecule is O=C(CCNCCc1ccc(Cl)cc1)NCCc1ccccc1F. The molecule has 0 saturated heterocycles. The smallest absolute Gasteiger partial charge is 0.221 e. The molecule has 2 aromatic carbocycles. The van der Waals surface area contributed by atoms with E-state index in [4.69, 9.17) is 11.6 Å². The Morgan fingerprint density at radius 2 is 1.71 bits per heavy atom. The van der Waals surface area contributed by atoms with Gasteiger partial charge >= 0.3 is 0 Å². The predicted molar refractivity (Wildman–Crippen MR) is 95.8 cm³/mol. The lowest BCUT2D eigenvalue weighted by atomic mass is 10.1. The standard InChI is InChI=1S/C19H22ClFN2O/c20-17-7-5-15(6-8-17)9-12-22-13-11-19(24)23-14-10-16-3-1-2-4-18(16)21/h1-8,22H,9-14H2,(H,23,24). The zero-order chi connectivity index (χ0) is 17.2. The molecule has 1 amide bonds. The van der Waals surface area contributed by atoms with Gasteiger partial charge in [-0.1, -0.05) is 41.9 Å². The van der Waals surface area contributed by atoms with Crippen LogP contribution in [-0.4, -0.2) is 25.5 Å². The Hall–Kier alpha value is -1.91. The Balaban J connectivity index is 1.53. The monoisotopic (exact) mass is 348 g/mol. The Kier molecular flexibility index (Phi) is 7.72. The number of carbonyl (C=O) groups excluding carboxylic acids is 1. The number of halogens is 2. The first-order valence-corrected chi connectivity index (χ1v) is 8.48. The first-order valence-electron chi connectivity index (χ1n) is 8.10. The van der Waals surface area contributed by atoms with Crippen LogP contribution in [0.1, 0.15) is 17.5 Å². The fourth-order valence-electron chi connectivity index (χ4n) is 2.34. The van der Waals surface area contributed by atoms with Crippen molar-refractivity contribution in [3.8, 4) is 0 Å². The van der Waals surface area contributed by atoms with Gasteiger partial charge in [-0.15, -0.1) is 0 Å². The lowest BCUT2D eigenvalue weighted by Gasteiger charge is -2.07. The van der Waals surface area contributed by atoms with Crippen molar-refractivity contribution >= 4 is 17.5 Å². The van der Waals surface area contributed by atoms with E-state index in [1.807, 2.05) is 24.3 Å². The van der Waals surface area contributed by atoms with Gasteiger partial charge in [0.1, 0.15) is 5.82 Å². The van der Waals surface area contributed by atoms with Crippen molar-refractivity contribution < 1.29 is 9.18 Å². The van der Waals surface area contributed by atoms with Crippen LogP contribution >= 0.6 is 11.6 Å². The van der Waals surface area contributed by atoms with Gasteiger partial charge in [0.15, 0.2) is 0 Å². The van der Waals surface area contributed by atoms with Gasteiger partial charge in [-0.25, -0.2) is 4.39 Å². The van der Waals surface area contributed by atoms with E-state index in [9.17, 15) is 9.18 Å². The molecule has 0 aromatic heterocycles. The average molecular weight is 349 g/mol. The molecule has 0 spiro atoms. The zero-order valence-corrected chi connectivity index (χ0v) is 14.3. The van der Waals surface area contributed by atoms with Gasteiger partial charge in [0.2, 0.25) is 5.91 Å². The van der Waals surface area contributed by atoms with Crippen LogP contribution in [0.4, 0.5) is 4.39 Å². The molecule has 24 heavy (non-hydrogen) atoms. The van der Waals surface area contributed by atoms with Crippen LogP contribution in [0.5, 0.6) is 0 Å². The molecule has 0 atom stereocenters. The molecule has 0 radical (unpaired) electrons. The summed E-state index contributed by atoms with van der Waals surface area (Å²) in [5, 5.41) is 6.79. The average Bonchev–Trinajstić information content (AvgIpc) is 2.58. The maximum atomic E-state index is 13.4. The van der Waals surface area contributed by atoms with Gasteiger partial charge in [0, 0.05) is 24.5 Å². The fraction of sp³-hybridized carbons (Fsp3) is 0.316. The maximum absolute atomic E-state index is 13.4. The van der Waals surface area contributed by atoms with Crippen LogP contribution in [0, 0.1) is 5.82 Å². The summed E-state index contributed by atoms with van der Waals surface area (Å²) in [6, 6.07) is 14.4. The molecule has 128 valence electrons. The normalized spacial score (nSPS) is 10.6. The van der Waals surface area contributed by atoms with E-state index in [1.54, 1.807) is 18.2 Å². The lowest BCUT2D eigenvalue weighted by Crippen LogP contribution is -2.30. The van der Waals surface area contributed by atoms with Crippen molar-refractivity contribution in [2.24, 2.45) is 0 Å². The molecule has 0 bridgehead atoms. The summed E-state index contributed by atoms with van der Waals surface area (Å²) in [4.78, 5) is 11.7. The van der Waals surface area contributed by atoms with Crippen LogP contribution in [0.15, 0.2) is 48.5 Å². The van der Waals surface area contributed by atoms with Gasteiger partial charge in [0.25, 0.3) is 0 Å². The molecule has 2 rings (SSSR count). The molecule has 0 unspecified atom stereocenters. The van der Waals surface area contributed by atoms with Gasteiger partial charge < -0.3 is 10.6 Å². The minimum Gasteiger partial charge on any atom is -0.356 e. The second kappa shape index (κ2) is 10.1. The Labute approximate surface area is 147 Å². The molecule has 0 aliphatic rings. The highest BCUT2D eigenvalue weighted by Crippen LogP contribution is 2.09. The highest BCUT2D eigenvalue weighted by Gasteiger charge is 2.03. The molecule has 0 aliphatic carbocycles. The van der Waals surface area contributed by atoms with Gasteiger partial charge in [-0.2, -0.15) is 0 Å². The third-order valence-electron chi connectivity index (χ3n) is 3.71. The molecule has 0 heterocycles. The van der Waals surface area contributed by atoms with Gasteiger partial charge in [-0.3, -0.25) is 4.79 Å². The first kappa shape index (κ1) is 18.4. The molecule has 2 aromatic rings.